The number of hydrogen-bond acceptors (Lipinski definition) is 2. The van der Waals surface area contributed by atoms with Crippen molar-refractivity contribution >= 4 is 54.1 Å². The normalized spacial score (nSPS) is 14.2. The van der Waals surface area contributed by atoms with Crippen LogP contribution in [0.25, 0.3) is 59.1 Å². The van der Waals surface area contributed by atoms with Gasteiger partial charge in [-0.05, 0) is 63.4 Å². The van der Waals surface area contributed by atoms with Gasteiger partial charge in [0.15, 0.2) is 5.13 Å². The summed E-state index contributed by atoms with van der Waals surface area (Å²) in [7, 11) is 0. The molecule has 1 aliphatic carbocycles. The molecular weight excluding hydrogens is 444 g/mol. The molecule has 0 spiro atoms. The SMILES string of the molecule is CC1(C)c2ccccc2-c2ccc3cc4c5ccccc5n(-c5nc6ccccc6s5)c4cc3c21. The van der Waals surface area contributed by atoms with Gasteiger partial charge < -0.3 is 0 Å². The van der Waals surface area contributed by atoms with E-state index in [1.807, 2.05) is 0 Å². The molecule has 1 aliphatic rings. The van der Waals surface area contributed by atoms with Crippen LogP contribution in [0.3, 0.4) is 0 Å². The van der Waals surface area contributed by atoms with Crippen molar-refractivity contribution in [3.63, 3.8) is 0 Å². The van der Waals surface area contributed by atoms with Crippen molar-refractivity contribution in [3.8, 4) is 16.3 Å². The summed E-state index contributed by atoms with van der Waals surface area (Å²) in [5, 5.41) is 6.20. The Kier molecular flexibility index (Phi) is 3.64. The van der Waals surface area contributed by atoms with Crippen LogP contribution in [0.15, 0.2) is 97.1 Å². The Labute approximate surface area is 207 Å². The molecule has 8 rings (SSSR count). The van der Waals surface area contributed by atoms with Gasteiger partial charge in [0, 0.05) is 16.2 Å². The lowest BCUT2D eigenvalue weighted by molar-refractivity contribution is 0.666. The van der Waals surface area contributed by atoms with E-state index in [9.17, 15) is 0 Å². The van der Waals surface area contributed by atoms with Crippen LogP contribution in [0.4, 0.5) is 0 Å². The molecular formula is C32H22N2S. The van der Waals surface area contributed by atoms with Crippen molar-refractivity contribution < 1.29 is 0 Å². The maximum Gasteiger partial charge on any atom is 0.195 e. The van der Waals surface area contributed by atoms with E-state index in [0.29, 0.717) is 0 Å². The fraction of sp³-hybridized carbons (Fsp3) is 0.0938. The first-order chi connectivity index (χ1) is 17.1. The summed E-state index contributed by atoms with van der Waals surface area (Å²) in [5.74, 6) is 0. The second-order valence-corrected chi connectivity index (χ2v) is 11.1. The Morgan fingerprint density at radius 1 is 0.686 bits per heavy atom. The van der Waals surface area contributed by atoms with Gasteiger partial charge in [-0.25, -0.2) is 4.98 Å². The zero-order valence-electron chi connectivity index (χ0n) is 19.5. The molecule has 0 bridgehead atoms. The van der Waals surface area contributed by atoms with Crippen LogP contribution in [0, 0.1) is 0 Å². The summed E-state index contributed by atoms with van der Waals surface area (Å²) in [6.07, 6.45) is 0. The van der Waals surface area contributed by atoms with Gasteiger partial charge in [0.1, 0.15) is 0 Å². The van der Waals surface area contributed by atoms with Crippen molar-refractivity contribution in [1.29, 1.82) is 0 Å². The lowest BCUT2D eigenvalue weighted by Crippen LogP contribution is -2.15. The Morgan fingerprint density at radius 3 is 2.40 bits per heavy atom. The topological polar surface area (TPSA) is 17.8 Å². The first kappa shape index (κ1) is 19.4. The highest BCUT2D eigenvalue weighted by Crippen LogP contribution is 2.52. The number of para-hydroxylation sites is 2. The van der Waals surface area contributed by atoms with E-state index in [4.69, 9.17) is 4.98 Å². The third-order valence-corrected chi connectivity index (χ3v) is 8.82. The Hall–Kier alpha value is -3.95. The Balaban J connectivity index is 1.53. The molecule has 2 nitrogen and oxygen atoms in total. The first-order valence-electron chi connectivity index (χ1n) is 12.1. The van der Waals surface area contributed by atoms with Gasteiger partial charge in [-0.3, -0.25) is 4.57 Å². The summed E-state index contributed by atoms with van der Waals surface area (Å²) in [6.45, 7) is 4.73. The highest BCUT2D eigenvalue weighted by atomic mass is 32.1. The molecule has 166 valence electrons. The van der Waals surface area contributed by atoms with Crippen LogP contribution in [0.5, 0.6) is 0 Å². The summed E-state index contributed by atoms with van der Waals surface area (Å²) in [6, 6.07) is 35.4. The van der Waals surface area contributed by atoms with E-state index in [1.165, 1.54) is 59.5 Å². The van der Waals surface area contributed by atoms with E-state index in [0.717, 1.165) is 10.6 Å². The van der Waals surface area contributed by atoms with Gasteiger partial charge in [-0.15, -0.1) is 0 Å². The molecule has 0 radical (unpaired) electrons. The average molecular weight is 467 g/mol. The van der Waals surface area contributed by atoms with E-state index in [2.05, 4.69) is 115 Å². The third kappa shape index (κ3) is 2.46. The van der Waals surface area contributed by atoms with Crippen molar-refractivity contribution in [2.45, 2.75) is 19.3 Å². The summed E-state index contributed by atoms with van der Waals surface area (Å²) < 4.78 is 3.58. The highest BCUT2D eigenvalue weighted by Gasteiger charge is 2.36. The summed E-state index contributed by atoms with van der Waals surface area (Å²) >= 11 is 1.76. The van der Waals surface area contributed by atoms with Gasteiger partial charge in [-0.1, -0.05) is 91.9 Å². The zero-order chi connectivity index (χ0) is 23.3. The standard InChI is InChI=1S/C32H22N2S/c1-32(2)25-11-5-3-9-20(25)22-16-15-19-17-24-21-10-4-7-13-27(21)34(28(24)18-23(19)30(22)32)31-33-26-12-6-8-14-29(26)35-31/h3-18H,1-2H3. The number of fused-ring (bicyclic) bond motifs is 9. The number of aromatic nitrogens is 2. The molecule has 0 unspecified atom stereocenters. The Morgan fingerprint density at radius 2 is 1.49 bits per heavy atom. The predicted molar refractivity (Wildman–Crippen MR) is 149 cm³/mol. The first-order valence-corrected chi connectivity index (χ1v) is 12.9. The smallest absolute Gasteiger partial charge is 0.195 e. The number of hydrogen-bond donors (Lipinski definition) is 0. The van der Waals surface area contributed by atoms with E-state index in [1.54, 1.807) is 11.3 Å². The fourth-order valence-electron chi connectivity index (χ4n) is 6.25. The molecule has 2 heterocycles. The number of nitrogens with zero attached hydrogens (tertiary/aromatic N) is 2. The highest BCUT2D eigenvalue weighted by molar-refractivity contribution is 7.20. The monoisotopic (exact) mass is 466 g/mol. The van der Waals surface area contributed by atoms with E-state index >= 15 is 0 Å². The van der Waals surface area contributed by atoms with Crippen LogP contribution in [-0.2, 0) is 5.41 Å². The average Bonchev–Trinajstić information content (AvgIpc) is 3.51. The van der Waals surface area contributed by atoms with Gasteiger partial charge in [0.2, 0.25) is 0 Å². The Bertz CT molecular complexity index is 1950. The maximum atomic E-state index is 5.05. The molecule has 3 heteroatoms. The van der Waals surface area contributed by atoms with E-state index < -0.39 is 0 Å². The number of benzene rings is 5. The molecule has 0 aliphatic heterocycles. The maximum absolute atomic E-state index is 5.05. The largest absolute Gasteiger partial charge is 0.285 e. The second kappa shape index (κ2) is 6.59. The second-order valence-electron chi connectivity index (χ2n) is 10.1. The molecule has 0 atom stereocenters. The van der Waals surface area contributed by atoms with Crippen molar-refractivity contribution in [1.82, 2.24) is 9.55 Å². The lowest BCUT2D eigenvalue weighted by atomic mass is 9.80. The molecule has 0 saturated carbocycles. The minimum atomic E-state index is -0.0498. The van der Waals surface area contributed by atoms with Crippen LogP contribution in [-0.4, -0.2) is 9.55 Å². The predicted octanol–water partition coefficient (Wildman–Crippen LogP) is 8.85. The molecule has 0 amide bonds. The van der Waals surface area contributed by atoms with Crippen LogP contribution >= 0.6 is 11.3 Å². The molecule has 7 aromatic rings. The quantitative estimate of drug-likeness (QED) is 0.236. The van der Waals surface area contributed by atoms with Crippen molar-refractivity contribution in [2.24, 2.45) is 0 Å². The van der Waals surface area contributed by atoms with Crippen molar-refractivity contribution in [2.75, 3.05) is 0 Å². The van der Waals surface area contributed by atoms with Gasteiger partial charge in [-0.2, -0.15) is 0 Å². The molecule has 35 heavy (non-hydrogen) atoms. The zero-order valence-corrected chi connectivity index (χ0v) is 20.4. The third-order valence-electron chi connectivity index (χ3n) is 7.80. The minimum Gasteiger partial charge on any atom is -0.285 e. The van der Waals surface area contributed by atoms with Gasteiger partial charge >= 0.3 is 0 Å². The van der Waals surface area contributed by atoms with Crippen LogP contribution in [0.2, 0.25) is 0 Å². The molecule has 0 N–H and O–H groups in total. The lowest BCUT2D eigenvalue weighted by Gasteiger charge is -2.23. The molecule has 5 aromatic carbocycles. The molecule has 0 fully saturated rings. The van der Waals surface area contributed by atoms with Gasteiger partial charge in [0.25, 0.3) is 0 Å². The molecule has 0 saturated heterocycles. The summed E-state index contributed by atoms with van der Waals surface area (Å²) in [5.41, 5.74) is 8.99. The van der Waals surface area contributed by atoms with Crippen LogP contribution < -0.4 is 0 Å². The van der Waals surface area contributed by atoms with Crippen LogP contribution in [0.1, 0.15) is 25.0 Å². The fourth-order valence-corrected chi connectivity index (χ4v) is 7.24. The molecule has 2 aromatic heterocycles. The number of rotatable bonds is 1. The minimum absolute atomic E-state index is 0.0498. The number of thiazole rings is 1. The summed E-state index contributed by atoms with van der Waals surface area (Å²) in [4.78, 5) is 5.05. The van der Waals surface area contributed by atoms with E-state index in [-0.39, 0.29) is 5.41 Å². The van der Waals surface area contributed by atoms with Gasteiger partial charge in [0.05, 0.1) is 21.3 Å². The van der Waals surface area contributed by atoms with Crippen molar-refractivity contribution in [3.05, 3.63) is 108 Å².